The summed E-state index contributed by atoms with van der Waals surface area (Å²) in [5.74, 6) is -1.56. The number of carbonyl (C=O) groups is 2. The second-order valence-electron chi connectivity index (χ2n) is 3.21. The molecule has 0 aliphatic rings. The predicted molar refractivity (Wildman–Crippen MR) is 43.5 cm³/mol. The molecule has 0 aromatic rings. The molecule has 1 atom stereocenters. The molecule has 1 amide bonds. The smallest absolute Gasteiger partial charge is 0.328 e. The SMILES string of the molecule is C[C@@H](N)C(=O)NC(C)(C)C(=O)O. The molecule has 5 heteroatoms. The maximum atomic E-state index is 11.0. The van der Waals surface area contributed by atoms with Crippen molar-refractivity contribution in [2.75, 3.05) is 0 Å². The zero-order valence-electron chi connectivity index (χ0n) is 7.42. The van der Waals surface area contributed by atoms with Gasteiger partial charge in [-0.1, -0.05) is 0 Å². The van der Waals surface area contributed by atoms with E-state index in [2.05, 4.69) is 5.32 Å². The van der Waals surface area contributed by atoms with Crippen LogP contribution in [-0.2, 0) is 9.59 Å². The van der Waals surface area contributed by atoms with Gasteiger partial charge in [-0.2, -0.15) is 0 Å². The van der Waals surface area contributed by atoms with Crippen molar-refractivity contribution in [3.63, 3.8) is 0 Å². The molecule has 0 spiro atoms. The third-order valence-electron chi connectivity index (χ3n) is 1.38. The Balaban J connectivity index is 4.25. The standard InChI is InChI=1S/C7H14N2O3/c1-4(8)5(10)9-7(2,3)6(11)12/h4H,8H2,1-3H3,(H,9,10)(H,11,12)/t4-/m1/s1. The number of hydrogen-bond donors (Lipinski definition) is 3. The predicted octanol–water partition coefficient (Wildman–Crippen LogP) is -0.687. The first-order valence-corrected chi connectivity index (χ1v) is 3.58. The van der Waals surface area contributed by atoms with Gasteiger partial charge in [0.1, 0.15) is 5.54 Å². The average molecular weight is 174 g/mol. The minimum absolute atomic E-state index is 0.470. The lowest BCUT2D eigenvalue weighted by molar-refractivity contribution is -0.146. The van der Waals surface area contributed by atoms with Crippen LogP contribution in [-0.4, -0.2) is 28.6 Å². The normalized spacial score (nSPS) is 13.7. The van der Waals surface area contributed by atoms with Gasteiger partial charge in [0.05, 0.1) is 6.04 Å². The Bertz CT molecular complexity index is 199. The van der Waals surface area contributed by atoms with E-state index in [4.69, 9.17) is 10.8 Å². The zero-order valence-corrected chi connectivity index (χ0v) is 7.42. The lowest BCUT2D eigenvalue weighted by Crippen LogP contribution is -2.53. The Hall–Kier alpha value is -1.10. The van der Waals surface area contributed by atoms with Gasteiger partial charge in [-0.05, 0) is 20.8 Å². The van der Waals surface area contributed by atoms with Crippen LogP contribution in [0.4, 0.5) is 0 Å². The summed E-state index contributed by atoms with van der Waals surface area (Å²) in [7, 11) is 0. The molecule has 4 N–H and O–H groups in total. The summed E-state index contributed by atoms with van der Waals surface area (Å²) in [5.41, 5.74) is 3.98. The molecule has 0 fully saturated rings. The van der Waals surface area contributed by atoms with Crippen LogP contribution >= 0.6 is 0 Å². The maximum Gasteiger partial charge on any atom is 0.328 e. The van der Waals surface area contributed by atoms with Crippen LogP contribution in [0.25, 0.3) is 0 Å². The number of carbonyl (C=O) groups excluding carboxylic acids is 1. The van der Waals surface area contributed by atoms with Gasteiger partial charge in [-0.15, -0.1) is 0 Å². The molecule has 12 heavy (non-hydrogen) atoms. The Labute approximate surface area is 70.9 Å². The molecule has 0 saturated carbocycles. The second-order valence-corrected chi connectivity index (χ2v) is 3.21. The summed E-state index contributed by atoms with van der Waals surface area (Å²) in [4.78, 5) is 21.5. The summed E-state index contributed by atoms with van der Waals surface area (Å²) >= 11 is 0. The molecule has 0 radical (unpaired) electrons. The van der Waals surface area contributed by atoms with Crippen LogP contribution in [0.5, 0.6) is 0 Å². The molecule has 70 valence electrons. The minimum Gasteiger partial charge on any atom is -0.480 e. The number of nitrogens with one attached hydrogen (secondary N) is 1. The topological polar surface area (TPSA) is 92.4 Å². The first-order chi connectivity index (χ1) is 5.27. The summed E-state index contributed by atoms with van der Waals surface area (Å²) < 4.78 is 0. The number of carboxylic acid groups (broad SMARTS) is 1. The van der Waals surface area contributed by atoms with Crippen LogP contribution in [0.3, 0.4) is 0 Å². The van der Waals surface area contributed by atoms with Gasteiger partial charge in [-0.3, -0.25) is 4.79 Å². The van der Waals surface area contributed by atoms with Crippen molar-refractivity contribution in [3.05, 3.63) is 0 Å². The average Bonchev–Trinajstić information content (AvgIpc) is 1.85. The largest absolute Gasteiger partial charge is 0.480 e. The van der Waals surface area contributed by atoms with Crippen LogP contribution in [0.2, 0.25) is 0 Å². The lowest BCUT2D eigenvalue weighted by atomic mass is 10.1. The van der Waals surface area contributed by atoms with E-state index < -0.39 is 23.5 Å². The van der Waals surface area contributed by atoms with E-state index in [0.29, 0.717) is 0 Å². The van der Waals surface area contributed by atoms with Gasteiger partial charge in [0.2, 0.25) is 5.91 Å². The highest BCUT2D eigenvalue weighted by atomic mass is 16.4. The first kappa shape index (κ1) is 10.9. The quantitative estimate of drug-likeness (QED) is 0.528. The second kappa shape index (κ2) is 3.53. The number of rotatable bonds is 3. The number of carboxylic acids is 1. The summed E-state index contributed by atoms with van der Waals surface area (Å²) in [6.45, 7) is 4.29. The van der Waals surface area contributed by atoms with Crippen LogP contribution in [0.1, 0.15) is 20.8 Å². The monoisotopic (exact) mass is 174 g/mol. The first-order valence-electron chi connectivity index (χ1n) is 3.58. The highest BCUT2D eigenvalue weighted by Gasteiger charge is 2.29. The van der Waals surface area contributed by atoms with Gasteiger partial charge in [0, 0.05) is 0 Å². The van der Waals surface area contributed by atoms with Crippen molar-refractivity contribution < 1.29 is 14.7 Å². The highest BCUT2D eigenvalue weighted by Crippen LogP contribution is 2.01. The van der Waals surface area contributed by atoms with Crippen LogP contribution < -0.4 is 11.1 Å². The zero-order chi connectivity index (χ0) is 9.94. The van der Waals surface area contributed by atoms with Gasteiger partial charge in [0.15, 0.2) is 0 Å². The van der Waals surface area contributed by atoms with E-state index in [1.54, 1.807) is 0 Å². The van der Waals surface area contributed by atoms with E-state index in [9.17, 15) is 9.59 Å². The molecule has 0 aromatic heterocycles. The number of hydrogen-bond acceptors (Lipinski definition) is 3. The summed E-state index contributed by atoms with van der Waals surface area (Å²) in [5, 5.41) is 10.9. The number of nitrogens with two attached hydrogens (primary N) is 1. The molecule has 0 aliphatic heterocycles. The molecule has 5 nitrogen and oxygen atoms in total. The van der Waals surface area contributed by atoms with E-state index in [1.807, 2.05) is 0 Å². The Morgan fingerprint density at radius 3 is 2.17 bits per heavy atom. The molecule has 0 saturated heterocycles. The van der Waals surface area contributed by atoms with Crippen molar-refractivity contribution in [1.29, 1.82) is 0 Å². The van der Waals surface area contributed by atoms with Crippen LogP contribution in [0, 0.1) is 0 Å². The fourth-order valence-corrected chi connectivity index (χ4v) is 0.475. The summed E-state index contributed by atoms with van der Waals surface area (Å²) in [6, 6.07) is -0.691. The summed E-state index contributed by atoms with van der Waals surface area (Å²) in [6.07, 6.45) is 0. The Morgan fingerprint density at radius 2 is 1.92 bits per heavy atom. The number of amides is 1. The van der Waals surface area contributed by atoms with Crippen LogP contribution in [0.15, 0.2) is 0 Å². The van der Waals surface area contributed by atoms with Crippen molar-refractivity contribution in [2.24, 2.45) is 5.73 Å². The van der Waals surface area contributed by atoms with E-state index in [1.165, 1.54) is 20.8 Å². The molecular weight excluding hydrogens is 160 g/mol. The van der Waals surface area contributed by atoms with E-state index >= 15 is 0 Å². The maximum absolute atomic E-state index is 11.0. The highest BCUT2D eigenvalue weighted by molar-refractivity contribution is 5.88. The molecule has 0 rings (SSSR count). The van der Waals surface area contributed by atoms with Crippen molar-refractivity contribution in [3.8, 4) is 0 Å². The third kappa shape index (κ3) is 2.87. The van der Waals surface area contributed by atoms with Gasteiger partial charge in [0.25, 0.3) is 0 Å². The Morgan fingerprint density at radius 1 is 1.50 bits per heavy atom. The number of aliphatic carboxylic acids is 1. The molecular formula is C7H14N2O3. The lowest BCUT2D eigenvalue weighted by Gasteiger charge is -2.21. The van der Waals surface area contributed by atoms with Crippen molar-refractivity contribution >= 4 is 11.9 Å². The molecule has 0 aromatic carbocycles. The van der Waals surface area contributed by atoms with Crippen molar-refractivity contribution in [1.82, 2.24) is 5.32 Å². The van der Waals surface area contributed by atoms with E-state index in [0.717, 1.165) is 0 Å². The fraction of sp³-hybridized carbons (Fsp3) is 0.714. The third-order valence-corrected chi connectivity index (χ3v) is 1.38. The molecule has 0 aliphatic carbocycles. The Kier molecular flexibility index (Phi) is 3.21. The fourth-order valence-electron chi connectivity index (χ4n) is 0.475. The van der Waals surface area contributed by atoms with Gasteiger partial charge < -0.3 is 16.2 Å². The molecule has 0 heterocycles. The molecule has 0 unspecified atom stereocenters. The van der Waals surface area contributed by atoms with Gasteiger partial charge >= 0.3 is 5.97 Å². The van der Waals surface area contributed by atoms with Crippen molar-refractivity contribution in [2.45, 2.75) is 32.4 Å². The van der Waals surface area contributed by atoms with Gasteiger partial charge in [-0.25, -0.2) is 4.79 Å². The molecule has 0 bridgehead atoms. The minimum atomic E-state index is -1.26. The van der Waals surface area contributed by atoms with E-state index in [-0.39, 0.29) is 0 Å².